The first kappa shape index (κ1) is 14.8. The normalized spacial score (nSPS) is 19.8. The summed E-state index contributed by atoms with van der Waals surface area (Å²) in [5.41, 5.74) is 2.13. The molecule has 3 rings (SSSR count). The van der Waals surface area contributed by atoms with Crippen LogP contribution in [-0.2, 0) is 16.0 Å². The summed E-state index contributed by atoms with van der Waals surface area (Å²) in [6.07, 6.45) is 2.99. The zero-order valence-electron chi connectivity index (χ0n) is 12.5. The lowest BCUT2D eigenvalue weighted by molar-refractivity contribution is -0.117. The fourth-order valence-electron chi connectivity index (χ4n) is 2.92. The average Bonchev–Trinajstić information content (AvgIpc) is 3.19. The van der Waals surface area contributed by atoms with E-state index in [-0.39, 0.29) is 24.6 Å². The molecule has 2 aliphatic rings. The SMILES string of the molecule is O=C(NCC(=O)N1CCc2ccccc21)NCC1CCCO1. The first-order valence-corrected chi connectivity index (χ1v) is 7.75. The van der Waals surface area contributed by atoms with Crippen LogP contribution < -0.4 is 15.5 Å². The van der Waals surface area contributed by atoms with Crippen LogP contribution >= 0.6 is 0 Å². The highest BCUT2D eigenvalue weighted by Gasteiger charge is 2.24. The Hall–Kier alpha value is -2.08. The predicted molar refractivity (Wildman–Crippen MR) is 82.9 cm³/mol. The molecule has 0 radical (unpaired) electrons. The van der Waals surface area contributed by atoms with Crippen LogP contribution in [0.15, 0.2) is 24.3 Å². The van der Waals surface area contributed by atoms with Gasteiger partial charge in [0.05, 0.1) is 12.6 Å². The van der Waals surface area contributed by atoms with E-state index >= 15 is 0 Å². The number of carbonyl (C=O) groups is 2. The van der Waals surface area contributed by atoms with Crippen molar-refractivity contribution < 1.29 is 14.3 Å². The monoisotopic (exact) mass is 303 g/mol. The van der Waals surface area contributed by atoms with Gasteiger partial charge in [-0.2, -0.15) is 0 Å². The van der Waals surface area contributed by atoms with Gasteiger partial charge >= 0.3 is 6.03 Å². The Bertz CT molecular complexity index is 555. The largest absolute Gasteiger partial charge is 0.376 e. The molecule has 2 N–H and O–H groups in total. The summed E-state index contributed by atoms with van der Waals surface area (Å²) in [6, 6.07) is 7.55. The molecule has 1 saturated heterocycles. The van der Waals surface area contributed by atoms with Gasteiger partial charge in [-0.25, -0.2) is 4.79 Å². The van der Waals surface area contributed by atoms with Gasteiger partial charge in [0.2, 0.25) is 5.91 Å². The van der Waals surface area contributed by atoms with Gasteiger partial charge in [-0.1, -0.05) is 18.2 Å². The lowest BCUT2D eigenvalue weighted by Crippen LogP contribution is -2.45. The van der Waals surface area contributed by atoms with E-state index in [4.69, 9.17) is 4.74 Å². The molecule has 3 amide bonds. The topological polar surface area (TPSA) is 70.7 Å². The van der Waals surface area contributed by atoms with Gasteiger partial charge in [0.15, 0.2) is 0 Å². The van der Waals surface area contributed by atoms with Crippen LogP contribution in [0.5, 0.6) is 0 Å². The smallest absolute Gasteiger partial charge is 0.315 e. The number of hydrogen-bond donors (Lipinski definition) is 2. The van der Waals surface area contributed by atoms with E-state index in [1.165, 1.54) is 5.56 Å². The van der Waals surface area contributed by atoms with Crippen molar-refractivity contribution >= 4 is 17.6 Å². The summed E-state index contributed by atoms with van der Waals surface area (Å²) in [4.78, 5) is 25.7. The third kappa shape index (κ3) is 3.39. The highest BCUT2D eigenvalue weighted by atomic mass is 16.5. The number of carbonyl (C=O) groups excluding carboxylic acids is 2. The van der Waals surface area contributed by atoms with E-state index in [1.54, 1.807) is 4.90 Å². The van der Waals surface area contributed by atoms with E-state index < -0.39 is 0 Å². The van der Waals surface area contributed by atoms with Gasteiger partial charge in [0, 0.05) is 25.4 Å². The molecule has 1 fully saturated rings. The number of hydrogen-bond acceptors (Lipinski definition) is 3. The van der Waals surface area contributed by atoms with Gasteiger partial charge in [0.1, 0.15) is 0 Å². The quantitative estimate of drug-likeness (QED) is 0.873. The molecule has 1 aromatic rings. The molecule has 1 aromatic carbocycles. The Morgan fingerprint density at radius 3 is 2.95 bits per heavy atom. The molecule has 2 aliphatic heterocycles. The highest BCUT2D eigenvalue weighted by molar-refractivity contribution is 5.98. The number of anilines is 1. The second-order valence-corrected chi connectivity index (χ2v) is 5.62. The van der Waals surface area contributed by atoms with Crippen molar-refractivity contribution in [2.75, 3.05) is 31.1 Å². The summed E-state index contributed by atoms with van der Waals surface area (Å²) in [5, 5.41) is 5.36. The first-order valence-electron chi connectivity index (χ1n) is 7.75. The van der Waals surface area contributed by atoms with Crippen molar-refractivity contribution in [3.05, 3.63) is 29.8 Å². The van der Waals surface area contributed by atoms with E-state index in [0.717, 1.165) is 31.6 Å². The van der Waals surface area contributed by atoms with E-state index in [0.29, 0.717) is 13.1 Å². The van der Waals surface area contributed by atoms with Crippen LogP contribution in [0.25, 0.3) is 0 Å². The van der Waals surface area contributed by atoms with Crippen molar-refractivity contribution in [3.8, 4) is 0 Å². The Labute approximate surface area is 129 Å². The number of benzene rings is 1. The lowest BCUT2D eigenvalue weighted by Gasteiger charge is -2.18. The molecule has 0 spiro atoms. The molecular weight excluding hydrogens is 282 g/mol. The average molecular weight is 303 g/mol. The van der Waals surface area contributed by atoms with Crippen molar-refractivity contribution in [2.45, 2.75) is 25.4 Å². The first-order chi connectivity index (χ1) is 10.7. The Balaban J connectivity index is 1.43. The van der Waals surface area contributed by atoms with Gasteiger partial charge < -0.3 is 20.3 Å². The summed E-state index contributed by atoms with van der Waals surface area (Å²) in [6.45, 7) is 1.94. The third-order valence-electron chi connectivity index (χ3n) is 4.10. The van der Waals surface area contributed by atoms with Crippen molar-refractivity contribution in [2.24, 2.45) is 0 Å². The minimum Gasteiger partial charge on any atom is -0.376 e. The molecule has 0 saturated carbocycles. The molecule has 22 heavy (non-hydrogen) atoms. The molecule has 1 atom stereocenters. The number of nitrogens with one attached hydrogen (secondary N) is 2. The second kappa shape index (κ2) is 6.79. The van der Waals surface area contributed by atoms with Crippen LogP contribution in [0.4, 0.5) is 10.5 Å². The van der Waals surface area contributed by atoms with Crippen LogP contribution in [-0.4, -0.2) is 44.3 Å². The molecule has 0 aromatic heterocycles. The number of rotatable bonds is 4. The maximum Gasteiger partial charge on any atom is 0.315 e. The van der Waals surface area contributed by atoms with E-state index in [1.807, 2.05) is 24.3 Å². The second-order valence-electron chi connectivity index (χ2n) is 5.62. The Morgan fingerprint density at radius 2 is 2.14 bits per heavy atom. The molecular formula is C16H21N3O3. The van der Waals surface area contributed by atoms with Crippen molar-refractivity contribution in [3.63, 3.8) is 0 Å². The number of ether oxygens (including phenoxy) is 1. The maximum absolute atomic E-state index is 12.2. The maximum atomic E-state index is 12.2. The zero-order valence-corrected chi connectivity index (χ0v) is 12.5. The third-order valence-corrected chi connectivity index (χ3v) is 4.10. The van der Waals surface area contributed by atoms with Gasteiger partial charge in [0.25, 0.3) is 0 Å². The standard InChI is InChI=1S/C16H21N3O3/c20-15(19-8-7-12-4-1-2-6-14(12)19)11-18-16(21)17-10-13-5-3-9-22-13/h1-2,4,6,13H,3,5,7-11H2,(H2,17,18,21). The van der Waals surface area contributed by atoms with Crippen LogP contribution in [0.2, 0.25) is 0 Å². The number of para-hydroxylation sites is 1. The highest BCUT2D eigenvalue weighted by Crippen LogP contribution is 2.27. The summed E-state index contributed by atoms with van der Waals surface area (Å²) in [7, 11) is 0. The fourth-order valence-corrected chi connectivity index (χ4v) is 2.92. The van der Waals surface area contributed by atoms with E-state index in [2.05, 4.69) is 10.6 Å². The Kier molecular flexibility index (Phi) is 4.58. The summed E-state index contributed by atoms with van der Waals surface area (Å²) >= 11 is 0. The lowest BCUT2D eigenvalue weighted by atomic mass is 10.2. The van der Waals surface area contributed by atoms with Crippen molar-refractivity contribution in [1.82, 2.24) is 10.6 Å². The summed E-state index contributed by atoms with van der Waals surface area (Å²) in [5.74, 6) is -0.0859. The minimum absolute atomic E-state index is 0.00565. The van der Waals surface area contributed by atoms with Crippen molar-refractivity contribution in [1.29, 1.82) is 0 Å². The van der Waals surface area contributed by atoms with Crippen LogP contribution in [0.1, 0.15) is 18.4 Å². The molecule has 118 valence electrons. The number of nitrogens with zero attached hydrogens (tertiary/aromatic N) is 1. The molecule has 2 heterocycles. The van der Waals surface area contributed by atoms with E-state index in [9.17, 15) is 9.59 Å². The molecule has 6 nitrogen and oxygen atoms in total. The Morgan fingerprint density at radius 1 is 1.27 bits per heavy atom. The van der Waals surface area contributed by atoms with Crippen LogP contribution in [0.3, 0.4) is 0 Å². The molecule has 0 bridgehead atoms. The number of urea groups is 1. The number of amides is 3. The molecule has 1 unspecified atom stereocenters. The minimum atomic E-state index is -0.323. The summed E-state index contributed by atoms with van der Waals surface area (Å²) < 4.78 is 5.43. The zero-order chi connectivity index (χ0) is 15.4. The molecule has 0 aliphatic carbocycles. The van der Waals surface area contributed by atoms with Gasteiger partial charge in [-0.05, 0) is 30.9 Å². The van der Waals surface area contributed by atoms with Gasteiger partial charge in [-0.15, -0.1) is 0 Å². The predicted octanol–water partition coefficient (Wildman–Crippen LogP) is 1.05. The molecule has 6 heteroatoms. The van der Waals surface area contributed by atoms with Gasteiger partial charge in [-0.3, -0.25) is 4.79 Å². The fraction of sp³-hybridized carbons (Fsp3) is 0.500. The number of fused-ring (bicyclic) bond motifs is 1. The van der Waals surface area contributed by atoms with Crippen LogP contribution in [0, 0.1) is 0 Å².